The maximum absolute atomic E-state index is 10.3. The minimum Gasteiger partial charge on any atom is -0.456 e. The molecule has 0 spiro atoms. The lowest BCUT2D eigenvalue weighted by Crippen LogP contribution is -2.14. The molecule has 4 nitrogen and oxygen atoms in total. The molecule has 2 heterocycles. The highest BCUT2D eigenvalue weighted by Gasteiger charge is 2.36. The fraction of sp³-hybridized carbons (Fsp3) is 0.0732. The second-order valence-corrected chi connectivity index (χ2v) is 12.4. The van der Waals surface area contributed by atoms with Crippen molar-refractivity contribution in [2.75, 3.05) is 0 Å². The van der Waals surface area contributed by atoms with Crippen LogP contribution in [0.15, 0.2) is 120 Å². The molecule has 1 aliphatic rings. The predicted molar refractivity (Wildman–Crippen MR) is 180 cm³/mol. The van der Waals surface area contributed by atoms with E-state index in [1.807, 2.05) is 42.5 Å². The number of furan rings is 1. The predicted octanol–water partition coefficient (Wildman–Crippen LogP) is 10.4. The molecule has 8 aromatic rings. The highest BCUT2D eigenvalue weighted by molar-refractivity contribution is 6.11. The molecule has 210 valence electrons. The number of aromatic nitrogens is 1. The van der Waals surface area contributed by atoms with E-state index in [0.29, 0.717) is 11.1 Å². The molecule has 0 amide bonds. The zero-order valence-electron chi connectivity index (χ0n) is 24.7. The van der Waals surface area contributed by atoms with Crippen LogP contribution in [0.3, 0.4) is 0 Å². The van der Waals surface area contributed by atoms with Crippen LogP contribution in [-0.4, -0.2) is 4.57 Å². The second kappa shape index (κ2) is 8.96. The fourth-order valence-corrected chi connectivity index (χ4v) is 7.53. The maximum atomic E-state index is 10.3. The molecule has 4 heteroatoms. The van der Waals surface area contributed by atoms with Crippen molar-refractivity contribution >= 4 is 43.7 Å². The first-order valence-electron chi connectivity index (χ1n) is 15.1. The van der Waals surface area contributed by atoms with Crippen molar-refractivity contribution in [3.05, 3.63) is 138 Å². The second-order valence-electron chi connectivity index (χ2n) is 12.4. The molecule has 0 N–H and O–H groups in total. The number of benzene rings is 6. The van der Waals surface area contributed by atoms with Crippen molar-refractivity contribution in [3.8, 4) is 40.1 Å². The molecule has 0 atom stereocenters. The van der Waals surface area contributed by atoms with Gasteiger partial charge >= 0.3 is 0 Å². The molecule has 6 aromatic carbocycles. The van der Waals surface area contributed by atoms with Gasteiger partial charge in [-0.3, -0.25) is 0 Å². The minimum absolute atomic E-state index is 0.104. The number of nitrogens with zero attached hydrogens (tertiary/aromatic N) is 3. The van der Waals surface area contributed by atoms with Gasteiger partial charge in [-0.25, -0.2) is 0 Å². The first-order valence-corrected chi connectivity index (χ1v) is 15.1. The SMILES string of the molecule is CC1(C)c2ccccc2-c2cc3c(cc21)oc1cc(-c2cccc(C#N)c2-n2c4ccccc4c4cc(C#N)ccc42)ccc13. The third-order valence-electron chi connectivity index (χ3n) is 9.67. The van der Waals surface area contributed by atoms with Gasteiger partial charge in [0.1, 0.15) is 17.2 Å². The molecular weight excluding hydrogens is 550 g/mol. The van der Waals surface area contributed by atoms with E-state index in [0.717, 1.165) is 60.6 Å². The highest BCUT2D eigenvalue weighted by Crippen LogP contribution is 2.51. The van der Waals surface area contributed by atoms with E-state index in [4.69, 9.17) is 4.42 Å². The zero-order chi connectivity index (χ0) is 30.4. The topological polar surface area (TPSA) is 65.7 Å². The molecule has 45 heavy (non-hydrogen) atoms. The monoisotopic (exact) mass is 575 g/mol. The fourth-order valence-electron chi connectivity index (χ4n) is 7.53. The Labute approximate surface area is 259 Å². The molecular formula is C41H25N3O. The quantitative estimate of drug-likeness (QED) is 0.206. The van der Waals surface area contributed by atoms with Crippen LogP contribution in [0.5, 0.6) is 0 Å². The maximum Gasteiger partial charge on any atom is 0.136 e. The van der Waals surface area contributed by atoms with Crippen LogP contribution < -0.4 is 0 Å². The van der Waals surface area contributed by atoms with Gasteiger partial charge in [0.05, 0.1) is 33.9 Å². The van der Waals surface area contributed by atoms with E-state index in [2.05, 4.69) is 103 Å². The summed E-state index contributed by atoms with van der Waals surface area (Å²) >= 11 is 0. The van der Waals surface area contributed by atoms with E-state index in [1.54, 1.807) is 0 Å². The molecule has 0 unspecified atom stereocenters. The van der Waals surface area contributed by atoms with Gasteiger partial charge in [-0.1, -0.05) is 74.5 Å². The van der Waals surface area contributed by atoms with Crippen LogP contribution in [0.4, 0.5) is 0 Å². The third kappa shape index (κ3) is 3.40. The van der Waals surface area contributed by atoms with Crippen molar-refractivity contribution in [3.63, 3.8) is 0 Å². The summed E-state index contributed by atoms with van der Waals surface area (Å²) in [6, 6.07) is 44.1. The smallest absolute Gasteiger partial charge is 0.136 e. The van der Waals surface area contributed by atoms with Crippen molar-refractivity contribution < 1.29 is 4.42 Å². The summed E-state index contributed by atoms with van der Waals surface area (Å²) in [4.78, 5) is 0. The lowest BCUT2D eigenvalue weighted by Gasteiger charge is -2.21. The van der Waals surface area contributed by atoms with Crippen LogP contribution in [0, 0.1) is 22.7 Å². The Morgan fingerprint density at radius 1 is 0.578 bits per heavy atom. The largest absolute Gasteiger partial charge is 0.456 e. The Hall–Kier alpha value is -6.10. The number of fused-ring (bicyclic) bond motifs is 9. The van der Waals surface area contributed by atoms with Crippen LogP contribution in [0.1, 0.15) is 36.1 Å². The van der Waals surface area contributed by atoms with Crippen LogP contribution in [-0.2, 0) is 5.41 Å². The molecule has 0 aliphatic heterocycles. The highest BCUT2D eigenvalue weighted by atomic mass is 16.3. The normalized spacial score (nSPS) is 13.2. The Balaban J connectivity index is 1.29. The number of hydrogen-bond acceptors (Lipinski definition) is 3. The molecule has 1 aliphatic carbocycles. The standard InChI is InChI=1S/C41H25N3O/c1-41(2)34-12-5-3-9-28(34)31-20-33-30-16-15-25(19-38(30)45-39(33)21-35(31)41)27-11-7-8-26(23-43)40(27)44-36-13-6-4-10-29(36)32-18-24(22-42)14-17-37(32)44/h3-21H,1-2H3. The minimum atomic E-state index is -0.104. The lowest BCUT2D eigenvalue weighted by molar-refractivity contribution is 0.647. The van der Waals surface area contributed by atoms with E-state index >= 15 is 0 Å². The van der Waals surface area contributed by atoms with Gasteiger partial charge < -0.3 is 8.98 Å². The van der Waals surface area contributed by atoms with Gasteiger partial charge in [0.25, 0.3) is 0 Å². The summed E-state index contributed by atoms with van der Waals surface area (Å²) in [7, 11) is 0. The number of nitriles is 2. The Morgan fingerprint density at radius 2 is 1.36 bits per heavy atom. The molecule has 0 bridgehead atoms. The van der Waals surface area contributed by atoms with Gasteiger partial charge in [0.2, 0.25) is 0 Å². The molecule has 0 radical (unpaired) electrons. The van der Waals surface area contributed by atoms with Gasteiger partial charge in [-0.2, -0.15) is 10.5 Å². The van der Waals surface area contributed by atoms with E-state index in [9.17, 15) is 10.5 Å². The molecule has 0 saturated heterocycles. The summed E-state index contributed by atoms with van der Waals surface area (Å²) in [6.45, 7) is 4.56. The Kier molecular flexibility index (Phi) is 5.06. The number of para-hydroxylation sites is 2. The van der Waals surface area contributed by atoms with Crippen molar-refractivity contribution in [1.82, 2.24) is 4.57 Å². The van der Waals surface area contributed by atoms with Crippen molar-refractivity contribution in [2.45, 2.75) is 19.3 Å². The summed E-state index contributed by atoms with van der Waals surface area (Å²) in [6.07, 6.45) is 0. The Bertz CT molecular complexity index is 2650. The van der Waals surface area contributed by atoms with Gasteiger partial charge in [0.15, 0.2) is 0 Å². The van der Waals surface area contributed by atoms with Gasteiger partial charge in [-0.15, -0.1) is 0 Å². The average molecular weight is 576 g/mol. The van der Waals surface area contributed by atoms with Crippen LogP contribution in [0.2, 0.25) is 0 Å². The first kappa shape index (κ1) is 25.4. The first-order chi connectivity index (χ1) is 22.0. The summed E-state index contributed by atoms with van der Waals surface area (Å²) in [5.41, 5.74) is 12.6. The Morgan fingerprint density at radius 3 is 2.22 bits per heavy atom. The van der Waals surface area contributed by atoms with Crippen molar-refractivity contribution in [1.29, 1.82) is 10.5 Å². The average Bonchev–Trinajstić information content (AvgIpc) is 3.68. The van der Waals surface area contributed by atoms with Gasteiger partial charge in [-0.05, 0) is 82.4 Å². The van der Waals surface area contributed by atoms with Crippen molar-refractivity contribution in [2.24, 2.45) is 0 Å². The molecule has 0 saturated carbocycles. The summed E-state index contributed by atoms with van der Waals surface area (Å²) in [5.74, 6) is 0. The lowest BCUT2D eigenvalue weighted by atomic mass is 9.82. The van der Waals surface area contributed by atoms with E-state index in [1.165, 1.54) is 22.3 Å². The van der Waals surface area contributed by atoms with E-state index in [-0.39, 0.29) is 5.41 Å². The summed E-state index contributed by atoms with van der Waals surface area (Å²) in [5, 5.41) is 24.1. The number of rotatable bonds is 2. The van der Waals surface area contributed by atoms with Crippen LogP contribution in [0.25, 0.3) is 71.7 Å². The zero-order valence-corrected chi connectivity index (χ0v) is 24.7. The van der Waals surface area contributed by atoms with Crippen LogP contribution >= 0.6 is 0 Å². The van der Waals surface area contributed by atoms with Gasteiger partial charge in [0, 0.05) is 32.5 Å². The molecule has 2 aromatic heterocycles. The number of hydrogen-bond donors (Lipinski definition) is 0. The molecule has 9 rings (SSSR count). The molecule has 0 fully saturated rings. The van der Waals surface area contributed by atoms with E-state index < -0.39 is 0 Å². The third-order valence-corrected chi connectivity index (χ3v) is 9.67. The summed E-state index contributed by atoms with van der Waals surface area (Å²) < 4.78 is 8.74.